The van der Waals surface area contributed by atoms with E-state index >= 15 is 0 Å². The Morgan fingerprint density at radius 3 is 2.60 bits per heavy atom. The molecule has 0 saturated carbocycles. The molecule has 5 nitrogen and oxygen atoms in total. The second-order valence-corrected chi connectivity index (χ2v) is 8.30. The predicted octanol–water partition coefficient (Wildman–Crippen LogP) is 4.03. The normalized spacial score (nSPS) is 16.8. The molecule has 2 atom stereocenters. The van der Waals surface area contributed by atoms with Gasteiger partial charge in [-0.1, -0.05) is 36.8 Å². The summed E-state index contributed by atoms with van der Waals surface area (Å²) in [7, 11) is 0. The lowest BCUT2D eigenvalue weighted by molar-refractivity contribution is -0.124. The van der Waals surface area contributed by atoms with E-state index in [9.17, 15) is 15.3 Å². The first-order chi connectivity index (χ1) is 14.6. The first-order valence-electron chi connectivity index (χ1n) is 10.3. The van der Waals surface area contributed by atoms with Gasteiger partial charge in [0.15, 0.2) is 0 Å². The number of hydrogen-bond acceptors (Lipinski definition) is 5. The molecule has 1 aliphatic heterocycles. The molecule has 0 radical (unpaired) electrons. The zero-order chi connectivity index (χ0) is 21.3. The third-order valence-corrected chi connectivity index (χ3v) is 6.21. The van der Waals surface area contributed by atoms with Crippen LogP contribution in [-0.2, 0) is 11.2 Å². The lowest BCUT2D eigenvalue weighted by Gasteiger charge is -2.23. The van der Waals surface area contributed by atoms with Crippen molar-refractivity contribution in [1.82, 2.24) is 10.6 Å². The van der Waals surface area contributed by atoms with E-state index in [0.29, 0.717) is 12.0 Å². The summed E-state index contributed by atoms with van der Waals surface area (Å²) in [5, 5.41) is 24.7. The Labute approximate surface area is 182 Å². The molecule has 1 aliphatic rings. The Balaban J connectivity index is 1.58. The smallest absolute Gasteiger partial charge is 0.238 e. The van der Waals surface area contributed by atoms with Crippen LogP contribution in [0.15, 0.2) is 47.4 Å². The third kappa shape index (κ3) is 5.63. The van der Waals surface area contributed by atoms with Gasteiger partial charge in [0.1, 0.15) is 12.1 Å². The summed E-state index contributed by atoms with van der Waals surface area (Å²) in [6, 6.07) is 17.9. The molecule has 2 aromatic rings. The first-order valence-corrected chi connectivity index (χ1v) is 11.5. The summed E-state index contributed by atoms with van der Waals surface area (Å²) >= 11 is 1.57. The number of hydrogen-bond donors (Lipinski definition) is 2. The Morgan fingerprint density at radius 2 is 1.97 bits per heavy atom. The molecule has 2 N–H and O–H groups in total. The molecule has 30 heavy (non-hydrogen) atoms. The Hall–Kier alpha value is -2.80. The van der Waals surface area contributed by atoms with Gasteiger partial charge in [-0.2, -0.15) is 10.5 Å². The molecule has 0 unspecified atom stereocenters. The number of benzene rings is 2. The van der Waals surface area contributed by atoms with Crippen molar-refractivity contribution in [1.29, 1.82) is 10.5 Å². The number of nitriles is 2. The van der Waals surface area contributed by atoms with Crippen molar-refractivity contribution in [3.05, 3.63) is 53.6 Å². The number of thioether (sulfide) groups is 1. The summed E-state index contributed by atoms with van der Waals surface area (Å²) in [5.41, 5.74) is 3.98. The maximum atomic E-state index is 12.3. The molecule has 1 saturated heterocycles. The van der Waals surface area contributed by atoms with Gasteiger partial charge in [0.05, 0.1) is 17.7 Å². The molecule has 154 valence electrons. The minimum Gasteiger partial charge on any atom is -0.339 e. The summed E-state index contributed by atoms with van der Waals surface area (Å²) in [4.78, 5) is 13.3. The topological polar surface area (TPSA) is 88.7 Å². The number of rotatable bonds is 7. The van der Waals surface area contributed by atoms with Crippen LogP contribution in [-0.4, -0.2) is 30.8 Å². The molecular formula is C24H26N4OS. The van der Waals surface area contributed by atoms with Crippen LogP contribution in [0.4, 0.5) is 0 Å². The standard InChI is InChI=1S/C24H26N4OS/c1-30-23-14-19(10-11-20(23)15-25)18-8-5-17(6-9-18)7-12-21(16-26)28-24(29)22-4-2-3-13-27-22/h5-6,8-11,14,21-22,27H,2-4,7,12-13H2,1H3,(H,28,29)/t21-,22-/m0/s1. The molecular weight excluding hydrogens is 392 g/mol. The van der Waals surface area contributed by atoms with E-state index in [-0.39, 0.29) is 11.9 Å². The van der Waals surface area contributed by atoms with Crippen molar-refractivity contribution in [2.24, 2.45) is 0 Å². The van der Waals surface area contributed by atoms with E-state index in [0.717, 1.165) is 53.8 Å². The zero-order valence-corrected chi connectivity index (χ0v) is 18.0. The van der Waals surface area contributed by atoms with Crippen LogP contribution in [0.25, 0.3) is 11.1 Å². The van der Waals surface area contributed by atoms with E-state index in [1.54, 1.807) is 11.8 Å². The lowest BCUT2D eigenvalue weighted by Crippen LogP contribution is -2.49. The van der Waals surface area contributed by atoms with E-state index in [1.807, 2.05) is 24.5 Å². The van der Waals surface area contributed by atoms with Gasteiger partial charge in [0.2, 0.25) is 5.91 Å². The van der Waals surface area contributed by atoms with E-state index in [1.165, 1.54) is 0 Å². The van der Waals surface area contributed by atoms with Gasteiger partial charge in [-0.05, 0) is 67.3 Å². The summed E-state index contributed by atoms with van der Waals surface area (Å²) < 4.78 is 0. The number of carbonyl (C=O) groups is 1. The lowest BCUT2D eigenvalue weighted by atomic mass is 9.99. The summed E-state index contributed by atoms with van der Waals surface area (Å²) in [6.45, 7) is 0.860. The Kier molecular flexibility index (Phi) is 7.90. The maximum Gasteiger partial charge on any atom is 0.238 e. The minimum absolute atomic E-state index is 0.0676. The molecule has 0 spiro atoms. The number of aryl methyl sites for hydroxylation is 1. The van der Waals surface area contributed by atoms with Crippen LogP contribution >= 0.6 is 11.8 Å². The van der Waals surface area contributed by atoms with Gasteiger partial charge in [-0.25, -0.2) is 0 Å². The van der Waals surface area contributed by atoms with Gasteiger partial charge in [-0.15, -0.1) is 11.8 Å². The molecule has 2 aromatic carbocycles. The second-order valence-electron chi connectivity index (χ2n) is 7.46. The SMILES string of the molecule is CSc1cc(-c2ccc(CC[C@@H](C#N)NC(=O)[C@@H]3CCCCN3)cc2)ccc1C#N. The van der Waals surface area contributed by atoms with Gasteiger partial charge in [-0.3, -0.25) is 4.79 Å². The summed E-state index contributed by atoms with van der Waals surface area (Å²) in [5.74, 6) is -0.0676. The van der Waals surface area contributed by atoms with Crippen molar-refractivity contribution < 1.29 is 4.79 Å². The van der Waals surface area contributed by atoms with Crippen molar-refractivity contribution in [3.8, 4) is 23.3 Å². The van der Waals surface area contributed by atoms with Crippen molar-refractivity contribution >= 4 is 17.7 Å². The van der Waals surface area contributed by atoms with Crippen LogP contribution in [0.2, 0.25) is 0 Å². The zero-order valence-electron chi connectivity index (χ0n) is 17.1. The average Bonchev–Trinajstić information content (AvgIpc) is 2.82. The van der Waals surface area contributed by atoms with Crippen molar-refractivity contribution in [3.63, 3.8) is 0 Å². The predicted molar refractivity (Wildman–Crippen MR) is 120 cm³/mol. The number of piperidine rings is 1. The maximum absolute atomic E-state index is 12.3. The van der Waals surface area contributed by atoms with E-state index in [4.69, 9.17) is 0 Å². The minimum atomic E-state index is -0.483. The van der Waals surface area contributed by atoms with Gasteiger partial charge in [0.25, 0.3) is 0 Å². The van der Waals surface area contributed by atoms with Crippen molar-refractivity contribution in [2.75, 3.05) is 12.8 Å². The number of carbonyl (C=O) groups excluding carboxylic acids is 1. The first kappa shape index (κ1) is 21.9. The fraction of sp³-hybridized carbons (Fsp3) is 0.375. The highest BCUT2D eigenvalue weighted by Gasteiger charge is 2.22. The number of nitrogens with one attached hydrogen (secondary N) is 2. The highest BCUT2D eigenvalue weighted by Crippen LogP contribution is 2.28. The van der Waals surface area contributed by atoms with Crippen LogP contribution in [0.5, 0.6) is 0 Å². The molecule has 1 amide bonds. The number of nitrogens with zero attached hydrogens (tertiary/aromatic N) is 2. The molecule has 6 heteroatoms. The van der Waals surface area contributed by atoms with Crippen LogP contribution in [0, 0.1) is 22.7 Å². The molecule has 0 aromatic heterocycles. The molecule has 0 aliphatic carbocycles. The van der Waals surface area contributed by atoms with Crippen molar-refractivity contribution in [2.45, 2.75) is 49.1 Å². The second kappa shape index (κ2) is 10.8. The largest absolute Gasteiger partial charge is 0.339 e. The van der Waals surface area contributed by atoms with Gasteiger partial charge >= 0.3 is 0 Å². The van der Waals surface area contributed by atoms with Gasteiger partial charge < -0.3 is 10.6 Å². The summed E-state index contributed by atoms with van der Waals surface area (Å²) in [6.07, 6.45) is 6.26. The van der Waals surface area contributed by atoms with Crippen LogP contribution < -0.4 is 10.6 Å². The average molecular weight is 419 g/mol. The molecule has 3 rings (SSSR count). The molecule has 1 fully saturated rings. The number of amides is 1. The fourth-order valence-corrected chi connectivity index (χ4v) is 4.23. The fourth-order valence-electron chi connectivity index (χ4n) is 3.65. The highest BCUT2D eigenvalue weighted by atomic mass is 32.2. The van der Waals surface area contributed by atoms with Gasteiger partial charge in [0, 0.05) is 4.90 Å². The Morgan fingerprint density at radius 1 is 1.20 bits per heavy atom. The van der Waals surface area contributed by atoms with E-state index < -0.39 is 6.04 Å². The highest BCUT2D eigenvalue weighted by molar-refractivity contribution is 7.98. The van der Waals surface area contributed by atoms with E-state index in [2.05, 4.69) is 47.0 Å². The Bertz CT molecular complexity index is 953. The third-order valence-electron chi connectivity index (χ3n) is 5.43. The monoisotopic (exact) mass is 418 g/mol. The molecule has 1 heterocycles. The molecule has 0 bridgehead atoms. The van der Waals surface area contributed by atoms with Crippen LogP contribution in [0.1, 0.15) is 36.8 Å². The quantitative estimate of drug-likeness (QED) is 0.663. The van der Waals surface area contributed by atoms with Crippen LogP contribution in [0.3, 0.4) is 0 Å².